The Labute approximate surface area is 903 Å². The van der Waals surface area contributed by atoms with Crippen molar-refractivity contribution in [1.29, 1.82) is 0 Å². The molecule has 4 aliphatic carbocycles. The van der Waals surface area contributed by atoms with E-state index < -0.39 is 65.9 Å². The van der Waals surface area contributed by atoms with Gasteiger partial charge in [0.1, 0.15) is 6.61 Å². The van der Waals surface area contributed by atoms with E-state index in [4.69, 9.17) is 29.4 Å². The molecule has 2 saturated heterocycles. The minimum atomic E-state index is -1.00. The molecular formula is C115H111K2N2O12P4Pd-. The molecule has 5 N–H and O–H groups in total. The van der Waals surface area contributed by atoms with Crippen LogP contribution in [-0.2, 0) is 63.4 Å². The van der Waals surface area contributed by atoms with Crippen molar-refractivity contribution in [2.24, 2.45) is 0 Å². The van der Waals surface area contributed by atoms with Gasteiger partial charge in [0.15, 0.2) is 46.8 Å². The van der Waals surface area contributed by atoms with Crippen LogP contribution in [0.25, 0.3) is 0 Å². The van der Waals surface area contributed by atoms with Gasteiger partial charge in [0.25, 0.3) is 0 Å². The maximum atomic E-state index is 12.9. The van der Waals surface area contributed by atoms with Crippen LogP contribution in [0, 0.1) is 0 Å². The molecule has 0 amide bonds. The molecule has 8 atom stereocenters. The van der Waals surface area contributed by atoms with Crippen molar-refractivity contribution in [2.75, 3.05) is 39.9 Å². The van der Waals surface area contributed by atoms with Crippen LogP contribution >= 0.6 is 31.7 Å². The maximum Gasteiger partial charge on any atom is 0.174 e. The van der Waals surface area contributed by atoms with E-state index in [2.05, 4.69) is 404 Å². The van der Waals surface area contributed by atoms with Gasteiger partial charge in [-0.2, -0.15) is 0 Å². The summed E-state index contributed by atoms with van der Waals surface area (Å²) in [5, 5.41) is 64.9. The summed E-state index contributed by atoms with van der Waals surface area (Å²) in [5.41, 5.74) is 0.797. The SMILES string of the molecule is C=CCN1CC[C@]23c4c5ccc(O)c4O[C@H]2C(=O)CCC3(O)[C@H]1C5.C=CCOc1ccc2c3c1O[C@H]1C(=O)CCC4(O)[C@@H](C2)N(CC=C)CC[C@]314.CO.O=[C-]OO.[K].[K].[Pd].c1ccc(P(c2ccccc2)c2ccccc2)cc1.c1ccc(P(c2ccccc2)c2ccccc2)cc1.c1ccc(P(c2ccccc2)c2ccccc2)cc1.c1ccc(P(c2ccccc2)c2ccccc2)cc1. The van der Waals surface area contributed by atoms with Crippen LogP contribution in [0.1, 0.15) is 60.8 Å². The molecule has 4 aliphatic heterocycles. The first-order valence-corrected chi connectivity index (χ1v) is 50.4. The number of rotatable bonds is 20. The summed E-state index contributed by atoms with van der Waals surface area (Å²) in [5.74, 6) is 1.91. The second-order valence-corrected chi connectivity index (χ2v) is 42.1. The molecule has 136 heavy (non-hydrogen) atoms. The molecule has 22 rings (SSSR count). The summed E-state index contributed by atoms with van der Waals surface area (Å²) in [7, 11) is -0.784. The van der Waals surface area contributed by atoms with Crippen molar-refractivity contribution in [2.45, 2.75) is 97.7 Å². The van der Waals surface area contributed by atoms with Crippen LogP contribution in [0.4, 0.5) is 0 Å². The number of Topliss-reactive ketones (excluding diaryl/α,β-unsaturated/α-hetero) is 2. The molecular weight excluding hydrogens is 1910 g/mol. The normalized spacial score (nSPS) is 20.2. The van der Waals surface area contributed by atoms with Gasteiger partial charge < -0.3 is 44.3 Å². The quantitative estimate of drug-likeness (QED) is 0.0121. The molecule has 21 heteroatoms. The third-order valence-corrected chi connectivity index (χ3v) is 35.8. The first kappa shape index (κ1) is 107. The fourth-order valence-corrected chi connectivity index (χ4v) is 29.8. The molecule has 4 heterocycles. The average Bonchev–Trinajstić information content (AvgIpc) is 1.48. The first-order valence-electron chi connectivity index (χ1n) is 45.0. The van der Waals surface area contributed by atoms with Gasteiger partial charge >= 0.3 is 0 Å². The number of phenols is 1. The number of carbonyl (C=O) groups excluding carboxylic acids is 3. The summed E-state index contributed by atoms with van der Waals surface area (Å²) < 4.78 is 18.1. The number of carbonyl (C=O) groups is 2. The van der Waals surface area contributed by atoms with E-state index in [1.54, 1.807) is 12.1 Å². The molecule has 686 valence electrons. The van der Waals surface area contributed by atoms with Gasteiger partial charge in [-0.25, -0.2) is 5.26 Å². The first-order chi connectivity index (χ1) is 65.3. The Balaban J connectivity index is 0.000000145. The van der Waals surface area contributed by atoms with Gasteiger partial charge in [-0.3, -0.25) is 19.4 Å². The number of aromatic hydroxyl groups is 1. The standard InChI is InChI=1S/C22H25NO4.C19H21NO4.4C18H15P.CHO3.CH4O.2K.Pd/c1-3-10-23-11-9-21-18-14-5-6-16(26-12-4-2)19(18)27-20(21)15(24)7-8-22(21,25)17(23)13-14;1-2-8-20-9-7-18-15-11-3-4-12(21)16(15)24-17(18)13(22)5-6-19(18,23)14(20)10-11;4*1-4-10-16(11-5-1)19(17-12-6-2-7-13-17)18-14-8-3-9-15-18;2-1-4-3;1-2;;;/h3-6,17,20,25H,1-2,7-13H2;2-4,14,17,21,23H,1,5-10H2;4*1-15H;3H;2H,1H3;;;/q;;;;;;-1;;;;/t17-,20+,21+,22?;14-,17+,18+,19?;;;;;;;;;/m11........./s1. The Morgan fingerprint density at radius 3 is 0.846 bits per heavy atom. The van der Waals surface area contributed by atoms with Crippen LogP contribution < -0.4 is 77.9 Å². The van der Waals surface area contributed by atoms with E-state index in [0.717, 1.165) is 68.4 Å². The summed E-state index contributed by atoms with van der Waals surface area (Å²) in [4.78, 5) is 41.4. The maximum absolute atomic E-state index is 12.9. The molecule has 14 aromatic carbocycles. The predicted octanol–water partition coefficient (Wildman–Crippen LogP) is 15.6. The third-order valence-electron chi connectivity index (χ3n) is 26.0. The zero-order chi connectivity index (χ0) is 92.6. The molecule has 2 radical (unpaired) electrons. The number of aliphatic hydroxyl groups is 3. The van der Waals surface area contributed by atoms with Crippen LogP contribution in [0.5, 0.6) is 23.0 Å². The summed E-state index contributed by atoms with van der Waals surface area (Å²) in [6.07, 6.45) is 8.61. The average molecular weight is 2020 g/mol. The molecule has 2 unspecified atom stereocenters. The van der Waals surface area contributed by atoms with E-state index in [1.807, 2.05) is 24.3 Å². The summed E-state index contributed by atoms with van der Waals surface area (Å²) in [6.45, 7) is 15.6. The van der Waals surface area contributed by atoms with Crippen molar-refractivity contribution in [3.8, 4) is 23.0 Å². The number of ether oxygens (including phenoxy) is 3. The molecule has 14 aromatic rings. The monoisotopic (exact) mass is 2020 g/mol. The molecule has 2 spiro atoms. The zero-order valence-electron chi connectivity index (χ0n) is 76.9. The smallest absolute Gasteiger partial charge is 0.174 e. The fourth-order valence-electron chi connectivity index (χ4n) is 20.6. The van der Waals surface area contributed by atoms with Gasteiger partial charge in [0.2, 0.25) is 0 Å². The summed E-state index contributed by atoms with van der Waals surface area (Å²) >= 11 is 0. The molecule has 8 aliphatic rings. The summed E-state index contributed by atoms with van der Waals surface area (Å²) in [6, 6.07) is 137. The van der Waals surface area contributed by atoms with Crippen molar-refractivity contribution >= 4 is 216 Å². The van der Waals surface area contributed by atoms with Crippen LogP contribution in [0.15, 0.2) is 426 Å². The molecule has 0 aromatic heterocycles. The number of benzene rings is 14. The minimum Gasteiger partial charge on any atom is -0.509 e. The van der Waals surface area contributed by atoms with Gasteiger partial charge in [0.05, 0.1) is 22.0 Å². The van der Waals surface area contributed by atoms with Gasteiger partial charge in [-0.15, -0.1) is 13.2 Å². The zero-order valence-corrected chi connectivity index (χ0v) is 88.3. The number of likely N-dealkylation sites (tertiary alicyclic amines) is 2. The van der Waals surface area contributed by atoms with Crippen molar-refractivity contribution in [3.63, 3.8) is 0 Å². The molecule has 4 fully saturated rings. The third kappa shape index (κ3) is 23.1. The fraction of sp³-hybridized carbons (Fsp3) is 0.191. The number of hydrogen-bond acceptors (Lipinski definition) is 14. The van der Waals surface area contributed by atoms with E-state index >= 15 is 0 Å². The van der Waals surface area contributed by atoms with Crippen LogP contribution in [0.3, 0.4) is 0 Å². The number of ketones is 2. The van der Waals surface area contributed by atoms with E-state index in [-0.39, 0.29) is 153 Å². The number of phenolic OH excluding ortho intramolecular Hbond substituents is 1. The van der Waals surface area contributed by atoms with Crippen LogP contribution in [-0.4, -0.2) is 232 Å². The number of nitrogens with zero attached hydrogens (tertiary/aromatic N) is 2. The molecule has 2 saturated carbocycles. The van der Waals surface area contributed by atoms with Crippen molar-refractivity contribution < 1.29 is 79.6 Å². The second kappa shape index (κ2) is 51.8. The molecule has 14 nitrogen and oxygen atoms in total. The topological polar surface area (TPSA) is 196 Å². The Bertz CT molecular complexity index is 5300. The Morgan fingerprint density at radius 2 is 0.610 bits per heavy atom. The number of hydrogen-bond donors (Lipinski definition) is 5. The van der Waals surface area contributed by atoms with E-state index in [1.165, 1.54) is 63.7 Å². The molecule has 4 bridgehead atoms. The van der Waals surface area contributed by atoms with E-state index in [9.17, 15) is 24.9 Å². The predicted molar refractivity (Wildman–Crippen MR) is 558 cm³/mol. The van der Waals surface area contributed by atoms with Gasteiger partial charge in [-0.05, 0) is 164 Å². The van der Waals surface area contributed by atoms with Gasteiger partial charge in [0, 0.05) is 193 Å². The van der Waals surface area contributed by atoms with Crippen molar-refractivity contribution in [3.05, 3.63) is 448 Å². The minimum absolute atomic E-state index is 0. The van der Waals surface area contributed by atoms with Crippen LogP contribution in [0.2, 0.25) is 0 Å². The Morgan fingerprint density at radius 1 is 0.375 bits per heavy atom. The van der Waals surface area contributed by atoms with Crippen molar-refractivity contribution in [1.82, 2.24) is 9.80 Å². The second-order valence-electron chi connectivity index (χ2n) is 33.2. The Hall–Kier alpha value is -8.27. The van der Waals surface area contributed by atoms with Gasteiger partial charge in [-0.1, -0.05) is 401 Å². The number of aliphatic hydroxyl groups excluding tert-OH is 1. The Kier molecular flexibility index (Phi) is 40.6. The number of piperidine rings is 2. The van der Waals surface area contributed by atoms with E-state index in [0.29, 0.717) is 68.8 Å². The largest absolute Gasteiger partial charge is 0.509 e.